The lowest BCUT2D eigenvalue weighted by atomic mass is 10.2. The quantitative estimate of drug-likeness (QED) is 0.671. The van der Waals surface area contributed by atoms with E-state index in [0.717, 1.165) is 16.7 Å². The van der Waals surface area contributed by atoms with Crippen LogP contribution in [0.15, 0.2) is 24.3 Å². The fourth-order valence-corrected chi connectivity index (χ4v) is 1.26. The highest BCUT2D eigenvalue weighted by Gasteiger charge is 1.98. The molecule has 0 aliphatic rings. The summed E-state index contributed by atoms with van der Waals surface area (Å²) in [5.74, 6) is 1.53. The van der Waals surface area contributed by atoms with E-state index in [1.165, 1.54) is 0 Å². The number of H-pyrrole nitrogens is 1. The van der Waals surface area contributed by atoms with Gasteiger partial charge in [0.25, 0.3) is 0 Å². The van der Waals surface area contributed by atoms with Crippen LogP contribution in [-0.4, -0.2) is 12.1 Å². The standard InChI is InChI=1S/C9H10N2O/c1-12-7-2-3-8-6(4-7)5-9(10)11-8/h2-5,11H,10H2,1H3. The molecule has 3 heteroatoms. The van der Waals surface area contributed by atoms with E-state index in [2.05, 4.69) is 4.98 Å². The summed E-state index contributed by atoms with van der Waals surface area (Å²) in [7, 11) is 1.65. The molecule has 0 saturated heterocycles. The second-order valence-corrected chi connectivity index (χ2v) is 2.68. The van der Waals surface area contributed by atoms with E-state index in [9.17, 15) is 0 Å². The molecular weight excluding hydrogens is 152 g/mol. The van der Waals surface area contributed by atoms with Crippen LogP contribution in [0.3, 0.4) is 0 Å². The van der Waals surface area contributed by atoms with Crippen LogP contribution in [0.2, 0.25) is 0 Å². The SMILES string of the molecule is COc1ccc2[nH]c(N)cc2c1. The molecule has 2 aromatic rings. The minimum atomic E-state index is 0.679. The first kappa shape index (κ1) is 7.03. The molecule has 0 aliphatic carbocycles. The molecule has 1 heterocycles. The number of anilines is 1. The second kappa shape index (κ2) is 2.44. The Morgan fingerprint density at radius 1 is 1.33 bits per heavy atom. The molecule has 1 aromatic carbocycles. The van der Waals surface area contributed by atoms with Gasteiger partial charge in [0.1, 0.15) is 11.6 Å². The lowest BCUT2D eigenvalue weighted by Crippen LogP contribution is -1.81. The van der Waals surface area contributed by atoms with Gasteiger partial charge in [-0.2, -0.15) is 0 Å². The monoisotopic (exact) mass is 162 g/mol. The molecule has 1 aromatic heterocycles. The predicted molar refractivity (Wildman–Crippen MR) is 49.3 cm³/mol. The van der Waals surface area contributed by atoms with Crippen molar-refractivity contribution in [3.05, 3.63) is 24.3 Å². The largest absolute Gasteiger partial charge is 0.497 e. The average Bonchev–Trinajstić information content (AvgIpc) is 2.43. The Bertz CT molecular complexity index is 406. The molecule has 3 N–H and O–H groups in total. The van der Waals surface area contributed by atoms with Crippen molar-refractivity contribution in [2.45, 2.75) is 0 Å². The number of rotatable bonds is 1. The Kier molecular flexibility index (Phi) is 1.43. The van der Waals surface area contributed by atoms with Gasteiger partial charge in [0.2, 0.25) is 0 Å². The van der Waals surface area contributed by atoms with Crippen LogP contribution in [-0.2, 0) is 0 Å². The number of hydrogen-bond acceptors (Lipinski definition) is 2. The molecule has 0 bridgehead atoms. The molecule has 0 spiro atoms. The molecule has 0 aliphatic heterocycles. The van der Waals surface area contributed by atoms with Crippen molar-refractivity contribution in [1.82, 2.24) is 4.98 Å². The fraction of sp³-hybridized carbons (Fsp3) is 0.111. The zero-order valence-corrected chi connectivity index (χ0v) is 6.79. The topological polar surface area (TPSA) is 51.0 Å². The summed E-state index contributed by atoms with van der Waals surface area (Å²) in [6.45, 7) is 0. The van der Waals surface area contributed by atoms with E-state index in [4.69, 9.17) is 10.5 Å². The maximum absolute atomic E-state index is 5.59. The van der Waals surface area contributed by atoms with Crippen molar-refractivity contribution >= 4 is 16.7 Å². The van der Waals surface area contributed by atoms with Crippen LogP contribution < -0.4 is 10.5 Å². The third kappa shape index (κ3) is 0.993. The molecule has 0 radical (unpaired) electrons. The summed E-state index contributed by atoms with van der Waals surface area (Å²) in [6, 6.07) is 7.68. The number of nitrogens with two attached hydrogens (primary N) is 1. The van der Waals surface area contributed by atoms with Crippen LogP contribution in [0.4, 0.5) is 5.82 Å². The van der Waals surface area contributed by atoms with Crippen molar-refractivity contribution in [1.29, 1.82) is 0 Å². The zero-order chi connectivity index (χ0) is 8.55. The number of hydrogen-bond donors (Lipinski definition) is 2. The van der Waals surface area contributed by atoms with Gasteiger partial charge in [-0.3, -0.25) is 0 Å². The molecular formula is C9H10N2O. The molecule has 0 unspecified atom stereocenters. The van der Waals surface area contributed by atoms with Gasteiger partial charge in [-0.15, -0.1) is 0 Å². The van der Waals surface area contributed by atoms with E-state index in [0.29, 0.717) is 5.82 Å². The van der Waals surface area contributed by atoms with Crippen LogP contribution in [0.5, 0.6) is 5.75 Å². The van der Waals surface area contributed by atoms with Crippen LogP contribution in [0, 0.1) is 0 Å². The van der Waals surface area contributed by atoms with Gasteiger partial charge in [0, 0.05) is 10.9 Å². The Labute approximate surface area is 70.1 Å². The molecule has 2 rings (SSSR count). The summed E-state index contributed by atoms with van der Waals surface area (Å²) in [6.07, 6.45) is 0. The number of nitrogens with one attached hydrogen (secondary N) is 1. The van der Waals surface area contributed by atoms with Crippen LogP contribution in [0.1, 0.15) is 0 Å². The molecule has 0 saturated carbocycles. The number of fused-ring (bicyclic) bond motifs is 1. The number of aromatic amines is 1. The highest BCUT2D eigenvalue weighted by atomic mass is 16.5. The first-order valence-corrected chi connectivity index (χ1v) is 3.72. The molecule has 62 valence electrons. The fourth-order valence-electron chi connectivity index (χ4n) is 1.26. The van der Waals surface area contributed by atoms with Gasteiger partial charge in [-0.1, -0.05) is 0 Å². The average molecular weight is 162 g/mol. The Balaban J connectivity index is 2.66. The molecule has 12 heavy (non-hydrogen) atoms. The smallest absolute Gasteiger partial charge is 0.119 e. The number of benzene rings is 1. The number of ether oxygens (including phenoxy) is 1. The van der Waals surface area contributed by atoms with E-state index in [1.807, 2.05) is 24.3 Å². The Hall–Kier alpha value is -1.64. The van der Waals surface area contributed by atoms with E-state index in [1.54, 1.807) is 7.11 Å². The number of methoxy groups -OCH3 is 1. The Morgan fingerprint density at radius 3 is 2.92 bits per heavy atom. The van der Waals surface area contributed by atoms with Gasteiger partial charge >= 0.3 is 0 Å². The van der Waals surface area contributed by atoms with Crippen molar-refractivity contribution in [3.8, 4) is 5.75 Å². The van der Waals surface area contributed by atoms with E-state index < -0.39 is 0 Å². The number of nitrogen functional groups attached to an aromatic ring is 1. The van der Waals surface area contributed by atoms with Crippen molar-refractivity contribution < 1.29 is 4.74 Å². The lowest BCUT2D eigenvalue weighted by Gasteiger charge is -1.97. The minimum absolute atomic E-state index is 0.679. The summed E-state index contributed by atoms with van der Waals surface area (Å²) in [4.78, 5) is 3.03. The van der Waals surface area contributed by atoms with Gasteiger partial charge in [0.15, 0.2) is 0 Å². The highest BCUT2D eigenvalue weighted by molar-refractivity contribution is 5.84. The van der Waals surface area contributed by atoms with Crippen LogP contribution >= 0.6 is 0 Å². The molecule has 0 atom stereocenters. The summed E-state index contributed by atoms with van der Waals surface area (Å²) in [5.41, 5.74) is 6.62. The second-order valence-electron chi connectivity index (χ2n) is 2.68. The van der Waals surface area contributed by atoms with Gasteiger partial charge in [-0.25, -0.2) is 0 Å². The van der Waals surface area contributed by atoms with Crippen molar-refractivity contribution in [2.24, 2.45) is 0 Å². The molecule has 0 fully saturated rings. The van der Waals surface area contributed by atoms with Crippen molar-refractivity contribution in [3.63, 3.8) is 0 Å². The first-order valence-electron chi connectivity index (χ1n) is 3.72. The normalized spacial score (nSPS) is 10.4. The summed E-state index contributed by atoms with van der Waals surface area (Å²) in [5, 5.41) is 1.08. The molecule has 0 amide bonds. The van der Waals surface area contributed by atoms with Crippen molar-refractivity contribution in [2.75, 3.05) is 12.8 Å². The first-order chi connectivity index (χ1) is 5.79. The van der Waals surface area contributed by atoms with Crippen LogP contribution in [0.25, 0.3) is 10.9 Å². The maximum Gasteiger partial charge on any atom is 0.119 e. The lowest BCUT2D eigenvalue weighted by molar-refractivity contribution is 0.415. The van der Waals surface area contributed by atoms with E-state index >= 15 is 0 Å². The highest BCUT2D eigenvalue weighted by Crippen LogP contribution is 2.21. The maximum atomic E-state index is 5.59. The minimum Gasteiger partial charge on any atom is -0.497 e. The van der Waals surface area contributed by atoms with E-state index in [-0.39, 0.29) is 0 Å². The third-order valence-corrected chi connectivity index (χ3v) is 1.85. The summed E-state index contributed by atoms with van der Waals surface area (Å²) < 4.78 is 5.08. The molecule has 3 nitrogen and oxygen atoms in total. The third-order valence-electron chi connectivity index (χ3n) is 1.85. The Morgan fingerprint density at radius 2 is 2.17 bits per heavy atom. The summed E-state index contributed by atoms with van der Waals surface area (Å²) >= 11 is 0. The van der Waals surface area contributed by atoms with Gasteiger partial charge < -0.3 is 15.5 Å². The number of aromatic nitrogens is 1. The predicted octanol–water partition coefficient (Wildman–Crippen LogP) is 1.76. The zero-order valence-electron chi connectivity index (χ0n) is 6.79. The van der Waals surface area contributed by atoms with Gasteiger partial charge in [0.05, 0.1) is 7.11 Å². The van der Waals surface area contributed by atoms with Gasteiger partial charge in [-0.05, 0) is 24.3 Å².